The zero-order valence-electron chi connectivity index (χ0n) is 7.07. The van der Waals surface area contributed by atoms with Crippen molar-refractivity contribution in [1.29, 1.82) is 0 Å². The highest BCUT2D eigenvalue weighted by atomic mass is 35.5. The monoisotopic (exact) mass is 198 g/mol. The molecule has 1 saturated carbocycles. The van der Waals surface area contributed by atoms with Gasteiger partial charge in [-0.1, -0.05) is 11.6 Å². The summed E-state index contributed by atoms with van der Waals surface area (Å²) in [5, 5.41) is 9.77. The molecule has 0 bridgehead atoms. The van der Waals surface area contributed by atoms with Crippen LogP contribution in [0.3, 0.4) is 0 Å². The molecule has 1 aliphatic rings. The average Bonchev–Trinajstić information content (AvgIpc) is 2.03. The lowest BCUT2D eigenvalue weighted by molar-refractivity contribution is 0.0188. The number of aliphatic hydroxyl groups excluding tert-OH is 1. The van der Waals surface area contributed by atoms with Gasteiger partial charge in [0.1, 0.15) is 0 Å². The first-order valence-corrected chi connectivity index (χ1v) is 4.57. The second kappa shape index (κ2) is 2.94. The highest BCUT2D eigenvalue weighted by Gasteiger charge is 2.42. The van der Waals surface area contributed by atoms with Crippen LogP contribution in [0.1, 0.15) is 18.5 Å². The van der Waals surface area contributed by atoms with Crippen LogP contribution in [0.25, 0.3) is 0 Å². The molecule has 2 rings (SSSR count). The summed E-state index contributed by atoms with van der Waals surface area (Å²) in [4.78, 5) is 4.14. The Labute approximate surface area is 81.5 Å². The van der Waals surface area contributed by atoms with E-state index in [9.17, 15) is 0 Å². The van der Waals surface area contributed by atoms with Gasteiger partial charge >= 0.3 is 0 Å². The summed E-state index contributed by atoms with van der Waals surface area (Å²) in [6.07, 6.45) is 2.47. The normalized spacial score (nSPS) is 32.7. The number of rotatable bonds is 1. The van der Waals surface area contributed by atoms with Gasteiger partial charge in [0.15, 0.2) is 0 Å². The summed E-state index contributed by atoms with van der Waals surface area (Å²) in [6.45, 7) is 0. The van der Waals surface area contributed by atoms with Gasteiger partial charge in [-0.05, 0) is 25.0 Å². The molecule has 0 amide bonds. The molecule has 4 heteroatoms. The molecule has 1 aromatic heterocycles. The standard InChI is InChI=1S/C9H11ClN2O/c10-6-1-2-8(12-5-6)9(11)3-7(13)4-9/h1-2,5,7,13H,3-4,11H2. The van der Waals surface area contributed by atoms with Crippen molar-refractivity contribution in [2.45, 2.75) is 24.5 Å². The van der Waals surface area contributed by atoms with Crippen molar-refractivity contribution in [2.24, 2.45) is 5.73 Å². The van der Waals surface area contributed by atoms with Crippen LogP contribution in [-0.2, 0) is 5.54 Å². The largest absolute Gasteiger partial charge is 0.393 e. The Balaban J connectivity index is 2.22. The molecule has 0 spiro atoms. The maximum atomic E-state index is 9.17. The predicted octanol–water partition coefficient (Wildman–Crippen LogP) is 1.04. The first-order chi connectivity index (χ1) is 6.10. The van der Waals surface area contributed by atoms with Crippen molar-refractivity contribution < 1.29 is 5.11 Å². The minimum atomic E-state index is -0.440. The van der Waals surface area contributed by atoms with Crippen LogP contribution < -0.4 is 5.73 Å². The smallest absolute Gasteiger partial charge is 0.0633 e. The minimum Gasteiger partial charge on any atom is -0.393 e. The van der Waals surface area contributed by atoms with E-state index in [-0.39, 0.29) is 6.10 Å². The predicted molar refractivity (Wildman–Crippen MR) is 50.4 cm³/mol. The number of aliphatic hydroxyl groups is 1. The van der Waals surface area contributed by atoms with Gasteiger partial charge in [-0.25, -0.2) is 0 Å². The van der Waals surface area contributed by atoms with E-state index in [1.54, 1.807) is 12.3 Å². The minimum absolute atomic E-state index is 0.275. The Morgan fingerprint density at radius 1 is 1.54 bits per heavy atom. The molecule has 1 aliphatic carbocycles. The van der Waals surface area contributed by atoms with Crippen LogP contribution in [0, 0.1) is 0 Å². The third-order valence-electron chi connectivity index (χ3n) is 2.44. The number of nitrogens with zero attached hydrogens (tertiary/aromatic N) is 1. The van der Waals surface area contributed by atoms with E-state index in [0.717, 1.165) is 5.69 Å². The van der Waals surface area contributed by atoms with Crippen LogP contribution in [0.2, 0.25) is 5.02 Å². The summed E-state index contributed by atoms with van der Waals surface area (Å²) in [7, 11) is 0. The number of pyridine rings is 1. The van der Waals surface area contributed by atoms with E-state index in [4.69, 9.17) is 22.4 Å². The summed E-state index contributed by atoms with van der Waals surface area (Å²) in [5.41, 5.74) is 6.37. The second-order valence-corrected chi connectivity index (χ2v) is 4.02. The second-order valence-electron chi connectivity index (χ2n) is 3.58. The number of nitrogens with two attached hydrogens (primary N) is 1. The fourth-order valence-electron chi connectivity index (χ4n) is 1.66. The lowest BCUT2D eigenvalue weighted by Gasteiger charge is -2.41. The van der Waals surface area contributed by atoms with Crippen molar-refractivity contribution in [2.75, 3.05) is 0 Å². The summed E-state index contributed by atoms with van der Waals surface area (Å²) < 4.78 is 0. The van der Waals surface area contributed by atoms with Crippen molar-refractivity contribution in [3.63, 3.8) is 0 Å². The summed E-state index contributed by atoms with van der Waals surface area (Å²) in [6, 6.07) is 3.58. The Hall–Kier alpha value is -0.640. The topological polar surface area (TPSA) is 59.1 Å². The van der Waals surface area contributed by atoms with E-state index in [2.05, 4.69) is 4.98 Å². The van der Waals surface area contributed by atoms with Crippen LogP contribution in [0.15, 0.2) is 18.3 Å². The number of halogens is 1. The van der Waals surface area contributed by atoms with Crippen LogP contribution >= 0.6 is 11.6 Å². The van der Waals surface area contributed by atoms with E-state index in [1.807, 2.05) is 6.07 Å². The van der Waals surface area contributed by atoms with Gasteiger partial charge in [0.25, 0.3) is 0 Å². The van der Waals surface area contributed by atoms with Gasteiger partial charge in [-0.3, -0.25) is 4.98 Å². The molecule has 0 aliphatic heterocycles. The number of aromatic nitrogens is 1. The molecule has 0 aromatic carbocycles. The molecule has 1 fully saturated rings. The fraction of sp³-hybridized carbons (Fsp3) is 0.444. The van der Waals surface area contributed by atoms with Gasteiger partial charge in [0, 0.05) is 6.20 Å². The summed E-state index contributed by atoms with van der Waals surface area (Å²) in [5.74, 6) is 0. The fourth-order valence-corrected chi connectivity index (χ4v) is 1.77. The SMILES string of the molecule is NC1(c2ccc(Cl)cn2)CC(O)C1. The molecule has 1 aromatic rings. The van der Waals surface area contributed by atoms with Crippen molar-refractivity contribution in [3.05, 3.63) is 29.0 Å². The molecule has 70 valence electrons. The highest BCUT2D eigenvalue weighted by Crippen LogP contribution is 2.37. The number of hydrogen-bond acceptors (Lipinski definition) is 3. The molecule has 0 unspecified atom stereocenters. The summed E-state index contributed by atoms with van der Waals surface area (Å²) >= 11 is 5.70. The lowest BCUT2D eigenvalue weighted by atomic mass is 9.73. The van der Waals surface area contributed by atoms with Crippen molar-refractivity contribution >= 4 is 11.6 Å². The maximum Gasteiger partial charge on any atom is 0.0633 e. The Morgan fingerprint density at radius 2 is 2.23 bits per heavy atom. The molecule has 1 heterocycles. The molecular formula is C9H11ClN2O. The highest BCUT2D eigenvalue weighted by molar-refractivity contribution is 6.30. The average molecular weight is 199 g/mol. The first kappa shape index (κ1) is 8.94. The third-order valence-corrected chi connectivity index (χ3v) is 2.66. The quantitative estimate of drug-likeness (QED) is 0.709. The van der Waals surface area contributed by atoms with Gasteiger partial charge in [0.05, 0.1) is 22.4 Å². The van der Waals surface area contributed by atoms with Gasteiger partial charge < -0.3 is 10.8 Å². The molecule has 3 nitrogen and oxygen atoms in total. The van der Waals surface area contributed by atoms with Crippen LogP contribution in [-0.4, -0.2) is 16.2 Å². The van der Waals surface area contributed by atoms with E-state index >= 15 is 0 Å². The van der Waals surface area contributed by atoms with Crippen LogP contribution in [0.5, 0.6) is 0 Å². The Kier molecular flexibility index (Phi) is 2.02. The Morgan fingerprint density at radius 3 is 2.69 bits per heavy atom. The van der Waals surface area contributed by atoms with Crippen LogP contribution in [0.4, 0.5) is 0 Å². The van der Waals surface area contributed by atoms with E-state index in [0.29, 0.717) is 17.9 Å². The van der Waals surface area contributed by atoms with Gasteiger partial charge in [0.2, 0.25) is 0 Å². The van der Waals surface area contributed by atoms with E-state index < -0.39 is 5.54 Å². The first-order valence-electron chi connectivity index (χ1n) is 4.19. The molecular weight excluding hydrogens is 188 g/mol. The molecule has 0 radical (unpaired) electrons. The Bertz CT molecular complexity index is 306. The zero-order chi connectivity index (χ0) is 9.47. The number of hydrogen-bond donors (Lipinski definition) is 2. The maximum absolute atomic E-state index is 9.17. The zero-order valence-corrected chi connectivity index (χ0v) is 7.83. The van der Waals surface area contributed by atoms with Crippen molar-refractivity contribution in [3.8, 4) is 0 Å². The lowest BCUT2D eigenvalue weighted by Crippen LogP contribution is -2.52. The van der Waals surface area contributed by atoms with Gasteiger partial charge in [-0.15, -0.1) is 0 Å². The molecule has 3 N–H and O–H groups in total. The van der Waals surface area contributed by atoms with E-state index in [1.165, 1.54) is 0 Å². The van der Waals surface area contributed by atoms with Crippen molar-refractivity contribution in [1.82, 2.24) is 4.98 Å². The molecule has 13 heavy (non-hydrogen) atoms. The molecule has 0 atom stereocenters. The third kappa shape index (κ3) is 1.55. The molecule has 0 saturated heterocycles. The van der Waals surface area contributed by atoms with Gasteiger partial charge in [-0.2, -0.15) is 0 Å².